The second-order valence-corrected chi connectivity index (χ2v) is 8.05. The molecule has 4 rings (SSSR count). The van der Waals surface area contributed by atoms with Crippen LogP contribution in [0, 0.1) is 5.82 Å². The summed E-state index contributed by atoms with van der Waals surface area (Å²) in [6.45, 7) is 1.61. The summed E-state index contributed by atoms with van der Waals surface area (Å²) in [5.74, 6) is -2.58. The predicted octanol–water partition coefficient (Wildman–Crippen LogP) is 4.12. The smallest absolute Gasteiger partial charge is 0.419 e. The van der Waals surface area contributed by atoms with Crippen molar-refractivity contribution in [1.82, 2.24) is 9.78 Å². The van der Waals surface area contributed by atoms with Gasteiger partial charge in [-0.1, -0.05) is 19.1 Å². The van der Waals surface area contributed by atoms with Crippen LogP contribution >= 0.6 is 0 Å². The Balaban J connectivity index is 1.95. The summed E-state index contributed by atoms with van der Waals surface area (Å²) in [6, 6.07) is 4.74. The quantitative estimate of drug-likeness (QED) is 0.522. The van der Waals surface area contributed by atoms with Crippen LogP contribution in [0.2, 0.25) is 0 Å². The van der Waals surface area contributed by atoms with E-state index in [1.807, 2.05) is 0 Å². The fourth-order valence-electron chi connectivity index (χ4n) is 4.50. The molecule has 2 aromatic carbocycles. The van der Waals surface area contributed by atoms with E-state index >= 15 is 0 Å². The summed E-state index contributed by atoms with van der Waals surface area (Å²) in [4.78, 5) is 12.4. The van der Waals surface area contributed by atoms with Gasteiger partial charge in [-0.2, -0.15) is 18.3 Å². The van der Waals surface area contributed by atoms with Gasteiger partial charge in [0, 0.05) is 23.7 Å². The lowest BCUT2D eigenvalue weighted by atomic mass is 9.69. The molecular formula is C22H21F4N3O3. The molecule has 1 heterocycles. The zero-order valence-corrected chi connectivity index (χ0v) is 17.2. The summed E-state index contributed by atoms with van der Waals surface area (Å²) in [5, 5.41) is 28.4. The summed E-state index contributed by atoms with van der Waals surface area (Å²) < 4.78 is 57.8. The monoisotopic (exact) mass is 451 g/mol. The van der Waals surface area contributed by atoms with Gasteiger partial charge in [0.15, 0.2) is 17.2 Å². The van der Waals surface area contributed by atoms with Gasteiger partial charge < -0.3 is 15.5 Å². The number of aryl methyl sites for hydroxylation is 1. The number of aromatic nitrogens is 2. The first-order valence-electron chi connectivity index (χ1n) is 10.0. The van der Waals surface area contributed by atoms with Crippen molar-refractivity contribution < 1.29 is 27.8 Å². The lowest BCUT2D eigenvalue weighted by Crippen LogP contribution is -2.55. The average Bonchev–Trinajstić information content (AvgIpc) is 2.74. The number of rotatable bonds is 3. The van der Waals surface area contributed by atoms with E-state index in [1.165, 1.54) is 31.4 Å². The molecule has 10 heteroatoms. The Hall–Kier alpha value is -3.14. The van der Waals surface area contributed by atoms with Gasteiger partial charge in [0.25, 0.3) is 5.56 Å². The van der Waals surface area contributed by atoms with Crippen molar-refractivity contribution in [3.8, 4) is 5.75 Å². The van der Waals surface area contributed by atoms with Gasteiger partial charge in [-0.05, 0) is 42.5 Å². The van der Waals surface area contributed by atoms with Crippen molar-refractivity contribution in [3.63, 3.8) is 0 Å². The van der Waals surface area contributed by atoms with E-state index in [0.717, 1.165) is 16.8 Å². The van der Waals surface area contributed by atoms with Crippen molar-refractivity contribution in [2.45, 2.75) is 43.5 Å². The molecule has 1 unspecified atom stereocenters. The van der Waals surface area contributed by atoms with Crippen LogP contribution in [0.4, 0.5) is 23.2 Å². The second-order valence-electron chi connectivity index (χ2n) is 8.05. The molecule has 0 fully saturated rings. The van der Waals surface area contributed by atoms with Crippen molar-refractivity contribution in [2.75, 3.05) is 5.32 Å². The van der Waals surface area contributed by atoms with Gasteiger partial charge in [0.1, 0.15) is 0 Å². The third kappa shape index (κ3) is 3.21. The van der Waals surface area contributed by atoms with Gasteiger partial charge in [-0.15, -0.1) is 0 Å². The maximum Gasteiger partial charge on any atom is 0.419 e. The Morgan fingerprint density at radius 2 is 1.97 bits per heavy atom. The molecule has 0 saturated carbocycles. The number of benzene rings is 2. The molecule has 0 radical (unpaired) electrons. The molecule has 0 saturated heterocycles. The molecular weight excluding hydrogens is 430 g/mol. The van der Waals surface area contributed by atoms with E-state index in [1.54, 1.807) is 6.92 Å². The van der Waals surface area contributed by atoms with Crippen LogP contribution in [-0.2, 0) is 7.05 Å². The van der Waals surface area contributed by atoms with Crippen molar-refractivity contribution in [2.24, 2.45) is 7.05 Å². The minimum absolute atomic E-state index is 0.0354. The van der Waals surface area contributed by atoms with E-state index in [9.17, 15) is 32.6 Å². The number of aromatic hydroxyl groups is 1. The van der Waals surface area contributed by atoms with Gasteiger partial charge in [-0.25, -0.2) is 9.07 Å². The zero-order chi connectivity index (χ0) is 23.4. The number of anilines is 1. The fraction of sp³-hybridized carbons (Fsp3) is 0.364. The summed E-state index contributed by atoms with van der Waals surface area (Å²) in [5.41, 5.74) is -3.53. The van der Waals surface area contributed by atoms with Crippen LogP contribution in [0.25, 0.3) is 10.8 Å². The van der Waals surface area contributed by atoms with Crippen LogP contribution in [0.5, 0.6) is 5.75 Å². The Labute approximate surface area is 180 Å². The van der Waals surface area contributed by atoms with Gasteiger partial charge in [0.05, 0.1) is 17.6 Å². The Morgan fingerprint density at radius 1 is 1.25 bits per heavy atom. The van der Waals surface area contributed by atoms with E-state index in [4.69, 9.17) is 0 Å². The van der Waals surface area contributed by atoms with Crippen LogP contribution in [-0.4, -0.2) is 31.8 Å². The van der Waals surface area contributed by atoms with Gasteiger partial charge in [-0.3, -0.25) is 4.79 Å². The lowest BCUT2D eigenvalue weighted by Gasteiger charge is -2.45. The van der Waals surface area contributed by atoms with Crippen LogP contribution < -0.4 is 10.9 Å². The number of nitrogens with zero attached hydrogens (tertiary/aromatic N) is 2. The highest BCUT2D eigenvalue weighted by molar-refractivity contribution is 5.92. The number of aliphatic hydroxyl groups is 1. The summed E-state index contributed by atoms with van der Waals surface area (Å²) >= 11 is 0. The number of alkyl halides is 3. The third-order valence-corrected chi connectivity index (χ3v) is 6.23. The average molecular weight is 451 g/mol. The molecule has 3 atom stereocenters. The number of hydrogen-bond donors (Lipinski definition) is 3. The van der Waals surface area contributed by atoms with Gasteiger partial charge in [0.2, 0.25) is 0 Å². The highest BCUT2D eigenvalue weighted by Crippen LogP contribution is 2.55. The molecule has 6 nitrogen and oxygen atoms in total. The second kappa shape index (κ2) is 7.47. The van der Waals surface area contributed by atoms with Crippen LogP contribution in [0.3, 0.4) is 0 Å². The SMILES string of the molecule is CC[C@@H]1C[C@](O)(C(F)(F)F)C(Nc2cccc3c(=O)n(C)ncc23)c2ccc(F)c(O)c21. The highest BCUT2D eigenvalue weighted by Gasteiger charge is 2.62. The third-order valence-electron chi connectivity index (χ3n) is 6.23. The Kier molecular flexibility index (Phi) is 5.15. The molecule has 1 aliphatic carbocycles. The van der Waals surface area contributed by atoms with Crippen LogP contribution in [0.15, 0.2) is 41.3 Å². The lowest BCUT2D eigenvalue weighted by molar-refractivity contribution is -0.272. The maximum absolute atomic E-state index is 14.2. The molecule has 1 aliphatic rings. The topological polar surface area (TPSA) is 87.4 Å². The molecule has 0 spiro atoms. The standard InChI is InChI=1S/C22H21F4N3O3/c1-3-11-9-21(32,22(24,25)26)19(13-7-8-15(23)18(30)17(11)13)28-16-6-4-5-12-14(16)10-27-29(2)20(12)31/h4-8,10-11,19,28,30,32H,3,9H2,1-2H3/t11-,19?,21-/m1/s1. The van der Waals surface area contributed by atoms with E-state index in [-0.39, 0.29) is 34.0 Å². The number of halogens is 4. The molecule has 32 heavy (non-hydrogen) atoms. The zero-order valence-electron chi connectivity index (χ0n) is 17.2. The molecule has 3 N–H and O–H groups in total. The minimum atomic E-state index is -5.03. The van der Waals surface area contributed by atoms with Crippen molar-refractivity contribution in [1.29, 1.82) is 0 Å². The fourth-order valence-corrected chi connectivity index (χ4v) is 4.50. The van der Waals surface area contributed by atoms with E-state index in [2.05, 4.69) is 10.4 Å². The van der Waals surface area contributed by atoms with E-state index in [0.29, 0.717) is 0 Å². The van der Waals surface area contributed by atoms with Crippen molar-refractivity contribution >= 4 is 16.5 Å². The predicted molar refractivity (Wildman–Crippen MR) is 110 cm³/mol. The molecule has 170 valence electrons. The number of phenols is 1. The molecule has 1 aromatic heterocycles. The highest BCUT2D eigenvalue weighted by atomic mass is 19.4. The number of fused-ring (bicyclic) bond motifs is 2. The Morgan fingerprint density at radius 3 is 2.62 bits per heavy atom. The molecule has 3 aromatic rings. The first-order valence-corrected chi connectivity index (χ1v) is 10.0. The van der Waals surface area contributed by atoms with Gasteiger partial charge >= 0.3 is 6.18 Å². The first kappa shape index (κ1) is 22.1. The van der Waals surface area contributed by atoms with E-state index < -0.39 is 47.3 Å². The molecule has 0 aliphatic heterocycles. The van der Waals surface area contributed by atoms with Crippen molar-refractivity contribution in [3.05, 3.63) is 63.8 Å². The number of hydrogen-bond acceptors (Lipinski definition) is 5. The Bertz CT molecular complexity index is 1260. The number of phenolic OH excluding ortho intramolecular Hbond substituents is 1. The minimum Gasteiger partial charge on any atom is -0.505 e. The normalized spacial score (nSPS) is 23.2. The van der Waals surface area contributed by atoms with Crippen LogP contribution in [0.1, 0.15) is 42.9 Å². The maximum atomic E-state index is 14.2. The molecule has 0 bridgehead atoms. The summed E-state index contributed by atoms with van der Waals surface area (Å²) in [7, 11) is 1.45. The first-order chi connectivity index (χ1) is 15.0. The number of nitrogens with one attached hydrogen (secondary N) is 1. The summed E-state index contributed by atoms with van der Waals surface area (Å²) in [6.07, 6.45) is -4.30. The molecule has 0 amide bonds. The largest absolute Gasteiger partial charge is 0.505 e.